The van der Waals surface area contributed by atoms with Gasteiger partial charge in [-0.05, 0) is 31.8 Å². The van der Waals surface area contributed by atoms with E-state index in [1.807, 2.05) is 0 Å². The molecule has 0 saturated carbocycles. The monoisotopic (exact) mass is 182 g/mol. The maximum atomic E-state index is 11.0. The predicted molar refractivity (Wildman–Crippen MR) is 51.7 cm³/mol. The summed E-state index contributed by atoms with van der Waals surface area (Å²) in [6.07, 6.45) is 3.35. The first kappa shape index (κ1) is 9.16. The molecule has 0 aromatic carbocycles. The van der Waals surface area contributed by atoms with E-state index in [0.717, 1.165) is 38.5 Å². The zero-order chi connectivity index (χ0) is 9.10. The summed E-state index contributed by atoms with van der Waals surface area (Å²) in [5, 5.41) is 3.36. The Labute approximate surface area is 79.5 Å². The summed E-state index contributed by atoms with van der Waals surface area (Å²) in [6, 6.07) is 0. The van der Waals surface area contributed by atoms with Crippen molar-refractivity contribution in [1.29, 1.82) is 0 Å². The van der Waals surface area contributed by atoms with Crippen LogP contribution in [0.15, 0.2) is 0 Å². The van der Waals surface area contributed by atoms with E-state index in [-0.39, 0.29) is 0 Å². The van der Waals surface area contributed by atoms with Gasteiger partial charge in [-0.15, -0.1) is 0 Å². The van der Waals surface area contributed by atoms with Crippen LogP contribution in [0.2, 0.25) is 0 Å². The van der Waals surface area contributed by atoms with Gasteiger partial charge in [-0.25, -0.2) is 0 Å². The topological polar surface area (TPSA) is 32.3 Å². The smallest absolute Gasteiger partial charge is 0.148 e. The molecule has 2 rings (SSSR count). The molecule has 2 aliphatic rings. The molecule has 2 aliphatic heterocycles. The first-order chi connectivity index (χ1) is 6.34. The molecule has 0 aliphatic carbocycles. The molecule has 13 heavy (non-hydrogen) atoms. The quantitative estimate of drug-likeness (QED) is 0.665. The molecule has 0 aromatic rings. The molecule has 0 atom stereocenters. The minimum absolute atomic E-state index is 0.425. The number of carbonyl (C=O) groups is 1. The van der Waals surface area contributed by atoms with Crippen LogP contribution in [-0.2, 0) is 4.79 Å². The van der Waals surface area contributed by atoms with E-state index in [1.54, 1.807) is 0 Å². The van der Waals surface area contributed by atoms with Crippen molar-refractivity contribution >= 4 is 5.78 Å². The highest BCUT2D eigenvalue weighted by Crippen LogP contribution is 2.15. The fraction of sp³-hybridized carbons (Fsp3) is 0.900. The van der Waals surface area contributed by atoms with Gasteiger partial charge in [-0.3, -0.25) is 9.69 Å². The van der Waals surface area contributed by atoms with Gasteiger partial charge in [0.1, 0.15) is 5.78 Å². The lowest BCUT2D eigenvalue weighted by atomic mass is 9.98. The molecule has 0 unspecified atom stereocenters. The number of likely N-dealkylation sites (tertiary alicyclic amines) is 1. The Morgan fingerprint density at radius 3 is 2.77 bits per heavy atom. The van der Waals surface area contributed by atoms with Gasteiger partial charge in [0, 0.05) is 19.5 Å². The highest BCUT2D eigenvalue weighted by Gasteiger charge is 2.23. The summed E-state index contributed by atoms with van der Waals surface area (Å²) >= 11 is 0. The number of carbonyl (C=O) groups excluding carboxylic acids is 1. The van der Waals surface area contributed by atoms with Crippen molar-refractivity contribution in [2.75, 3.05) is 32.7 Å². The second-order valence-corrected chi connectivity index (χ2v) is 4.22. The fourth-order valence-corrected chi connectivity index (χ4v) is 2.28. The number of Topliss-reactive ketones (excluding diaryl/α,β-unsaturated/α-hetero) is 1. The van der Waals surface area contributed by atoms with E-state index in [4.69, 9.17) is 0 Å². The molecule has 0 aromatic heterocycles. The van der Waals surface area contributed by atoms with Crippen molar-refractivity contribution in [1.82, 2.24) is 10.2 Å². The number of hydrogen-bond donors (Lipinski definition) is 1. The van der Waals surface area contributed by atoms with Crippen LogP contribution >= 0.6 is 0 Å². The molecular formula is C10H18N2O. The van der Waals surface area contributed by atoms with Gasteiger partial charge in [0.15, 0.2) is 0 Å². The SMILES string of the molecule is O=C1CCN(CC2CCNCC2)C1. The van der Waals surface area contributed by atoms with E-state index in [9.17, 15) is 4.79 Å². The van der Waals surface area contributed by atoms with Crippen LogP contribution < -0.4 is 5.32 Å². The number of ketones is 1. The lowest BCUT2D eigenvalue weighted by molar-refractivity contribution is -0.116. The molecule has 1 N–H and O–H groups in total. The Bertz CT molecular complexity index is 187. The average Bonchev–Trinajstić information content (AvgIpc) is 2.53. The number of nitrogens with zero attached hydrogens (tertiary/aromatic N) is 1. The van der Waals surface area contributed by atoms with E-state index >= 15 is 0 Å². The summed E-state index contributed by atoms with van der Waals surface area (Å²) in [5.41, 5.74) is 0. The van der Waals surface area contributed by atoms with E-state index in [0.29, 0.717) is 12.3 Å². The molecule has 0 amide bonds. The van der Waals surface area contributed by atoms with Gasteiger partial charge >= 0.3 is 0 Å². The Balaban J connectivity index is 1.73. The summed E-state index contributed by atoms with van der Waals surface area (Å²) in [7, 11) is 0. The molecule has 0 spiro atoms. The van der Waals surface area contributed by atoms with Crippen molar-refractivity contribution in [3.63, 3.8) is 0 Å². The van der Waals surface area contributed by atoms with Crippen molar-refractivity contribution in [3.05, 3.63) is 0 Å². The highest BCUT2D eigenvalue weighted by molar-refractivity contribution is 5.82. The first-order valence-electron chi connectivity index (χ1n) is 5.29. The number of piperidine rings is 1. The van der Waals surface area contributed by atoms with Gasteiger partial charge in [-0.1, -0.05) is 0 Å². The molecule has 2 heterocycles. The summed E-state index contributed by atoms with van der Waals surface area (Å²) < 4.78 is 0. The van der Waals surface area contributed by atoms with Crippen LogP contribution in [0.3, 0.4) is 0 Å². The van der Waals surface area contributed by atoms with Gasteiger partial charge in [0.25, 0.3) is 0 Å². The maximum absolute atomic E-state index is 11.0. The van der Waals surface area contributed by atoms with Crippen LogP contribution in [0.4, 0.5) is 0 Å². The van der Waals surface area contributed by atoms with E-state index in [2.05, 4.69) is 10.2 Å². The van der Waals surface area contributed by atoms with Crippen LogP contribution in [0.5, 0.6) is 0 Å². The van der Waals surface area contributed by atoms with E-state index in [1.165, 1.54) is 12.8 Å². The second kappa shape index (κ2) is 4.20. The molecular weight excluding hydrogens is 164 g/mol. The molecule has 74 valence electrons. The Morgan fingerprint density at radius 1 is 1.38 bits per heavy atom. The van der Waals surface area contributed by atoms with Crippen LogP contribution in [0.1, 0.15) is 19.3 Å². The summed E-state index contributed by atoms with van der Waals surface area (Å²) in [4.78, 5) is 13.4. The van der Waals surface area contributed by atoms with E-state index < -0.39 is 0 Å². The first-order valence-corrected chi connectivity index (χ1v) is 5.29. The van der Waals surface area contributed by atoms with Crippen molar-refractivity contribution in [3.8, 4) is 0 Å². The molecule has 2 saturated heterocycles. The highest BCUT2D eigenvalue weighted by atomic mass is 16.1. The normalized spacial score (nSPS) is 26.9. The minimum atomic E-state index is 0.425. The molecule has 2 fully saturated rings. The third kappa shape index (κ3) is 2.51. The maximum Gasteiger partial charge on any atom is 0.148 e. The van der Waals surface area contributed by atoms with Gasteiger partial charge in [0.2, 0.25) is 0 Å². The molecule has 3 heteroatoms. The van der Waals surface area contributed by atoms with Gasteiger partial charge in [0.05, 0.1) is 6.54 Å². The molecule has 3 nitrogen and oxygen atoms in total. The predicted octanol–water partition coefficient (Wildman–Crippen LogP) is 0.261. The van der Waals surface area contributed by atoms with Crippen molar-refractivity contribution < 1.29 is 4.79 Å². The van der Waals surface area contributed by atoms with Crippen LogP contribution in [-0.4, -0.2) is 43.4 Å². The lowest BCUT2D eigenvalue weighted by Crippen LogP contribution is -2.35. The van der Waals surface area contributed by atoms with Crippen molar-refractivity contribution in [2.45, 2.75) is 19.3 Å². The van der Waals surface area contributed by atoms with Crippen LogP contribution in [0.25, 0.3) is 0 Å². The minimum Gasteiger partial charge on any atom is -0.317 e. The summed E-state index contributed by atoms with van der Waals surface area (Å²) in [5.74, 6) is 1.25. The Hall–Kier alpha value is -0.410. The average molecular weight is 182 g/mol. The summed E-state index contributed by atoms with van der Waals surface area (Å²) in [6.45, 7) is 5.18. The van der Waals surface area contributed by atoms with Crippen molar-refractivity contribution in [2.24, 2.45) is 5.92 Å². The Kier molecular flexibility index (Phi) is 2.96. The third-order valence-corrected chi connectivity index (χ3v) is 3.08. The number of nitrogens with one attached hydrogen (secondary N) is 1. The number of hydrogen-bond acceptors (Lipinski definition) is 3. The zero-order valence-corrected chi connectivity index (χ0v) is 8.09. The second-order valence-electron chi connectivity index (χ2n) is 4.22. The van der Waals surface area contributed by atoms with Gasteiger partial charge in [-0.2, -0.15) is 0 Å². The molecule has 0 bridgehead atoms. The zero-order valence-electron chi connectivity index (χ0n) is 8.09. The molecule has 0 radical (unpaired) electrons. The van der Waals surface area contributed by atoms with Gasteiger partial charge < -0.3 is 5.32 Å². The number of rotatable bonds is 2. The fourth-order valence-electron chi connectivity index (χ4n) is 2.28. The lowest BCUT2D eigenvalue weighted by Gasteiger charge is -2.26. The van der Waals surface area contributed by atoms with Crippen LogP contribution in [0, 0.1) is 5.92 Å². The standard InChI is InChI=1S/C10H18N2O/c13-10-3-6-12(8-10)7-9-1-4-11-5-2-9/h9,11H,1-8H2. The Morgan fingerprint density at radius 2 is 2.15 bits per heavy atom. The third-order valence-electron chi connectivity index (χ3n) is 3.08. The largest absolute Gasteiger partial charge is 0.317 e.